The van der Waals surface area contributed by atoms with Gasteiger partial charge in [-0.2, -0.15) is 0 Å². The second kappa shape index (κ2) is 6.70. The largest absolute Gasteiger partial charge is 0.377 e. The number of nitrogens with one attached hydrogen (secondary N) is 1. The first-order valence-corrected chi connectivity index (χ1v) is 7.77. The van der Waals surface area contributed by atoms with Gasteiger partial charge in [-0.3, -0.25) is 0 Å². The van der Waals surface area contributed by atoms with Gasteiger partial charge >= 0.3 is 0 Å². The van der Waals surface area contributed by atoms with Gasteiger partial charge in [-0.15, -0.1) is 0 Å². The van der Waals surface area contributed by atoms with Crippen LogP contribution in [0.25, 0.3) is 0 Å². The van der Waals surface area contributed by atoms with E-state index in [1.807, 2.05) is 25.1 Å². The molecule has 0 heterocycles. The Bertz CT molecular complexity index is 597. The molecule has 1 atom stereocenters. The Labute approximate surface area is 134 Å². The third-order valence-electron chi connectivity index (χ3n) is 2.95. The number of anilines is 1. The van der Waals surface area contributed by atoms with Crippen molar-refractivity contribution < 1.29 is 4.39 Å². The molecule has 3 N–H and O–H groups in total. The van der Waals surface area contributed by atoms with E-state index in [0.29, 0.717) is 12.1 Å². The minimum Gasteiger partial charge on any atom is -0.377 e. The van der Waals surface area contributed by atoms with Crippen molar-refractivity contribution in [2.75, 3.05) is 11.9 Å². The molecule has 2 aromatic rings. The lowest BCUT2D eigenvalue weighted by atomic mass is 10.1. The molecule has 0 radical (unpaired) electrons. The highest BCUT2D eigenvalue weighted by Gasteiger charge is 2.15. The number of hydrogen-bond donors (Lipinski definition) is 2. The summed E-state index contributed by atoms with van der Waals surface area (Å²) >= 11 is 6.81. The van der Waals surface area contributed by atoms with E-state index in [-0.39, 0.29) is 11.9 Å². The van der Waals surface area contributed by atoms with Gasteiger partial charge in [0.15, 0.2) is 0 Å². The second-order valence-corrected chi connectivity index (χ2v) is 6.45. The van der Waals surface area contributed by atoms with E-state index >= 15 is 0 Å². The van der Waals surface area contributed by atoms with E-state index in [4.69, 9.17) is 5.73 Å². The highest BCUT2D eigenvalue weighted by molar-refractivity contribution is 9.10. The van der Waals surface area contributed by atoms with Crippen LogP contribution in [0.4, 0.5) is 10.1 Å². The Morgan fingerprint density at radius 2 is 1.90 bits per heavy atom. The molecule has 2 nitrogen and oxygen atoms in total. The number of aryl methyl sites for hydroxylation is 1. The SMILES string of the molecule is Cc1cc(Br)cc(NC(CN)c2cc(Br)ccc2F)c1. The zero-order chi connectivity index (χ0) is 14.7. The molecule has 0 amide bonds. The number of nitrogens with two attached hydrogens (primary N) is 1. The number of halogens is 3. The Morgan fingerprint density at radius 3 is 2.55 bits per heavy atom. The molecule has 1 unspecified atom stereocenters. The zero-order valence-electron chi connectivity index (χ0n) is 11.0. The van der Waals surface area contributed by atoms with Crippen molar-refractivity contribution in [1.82, 2.24) is 0 Å². The fraction of sp³-hybridized carbons (Fsp3) is 0.200. The predicted octanol–water partition coefficient (Wildman–Crippen LogP) is 4.77. The van der Waals surface area contributed by atoms with Crippen molar-refractivity contribution >= 4 is 37.5 Å². The minimum absolute atomic E-state index is 0.261. The summed E-state index contributed by atoms with van der Waals surface area (Å²) in [6.07, 6.45) is 0. The monoisotopic (exact) mass is 400 g/mol. The minimum atomic E-state index is -0.277. The van der Waals surface area contributed by atoms with E-state index in [9.17, 15) is 4.39 Å². The van der Waals surface area contributed by atoms with E-state index in [0.717, 1.165) is 20.2 Å². The van der Waals surface area contributed by atoms with Crippen LogP contribution in [-0.4, -0.2) is 6.54 Å². The topological polar surface area (TPSA) is 38.0 Å². The Balaban J connectivity index is 2.31. The van der Waals surface area contributed by atoms with Crippen LogP contribution < -0.4 is 11.1 Å². The molecule has 0 spiro atoms. The van der Waals surface area contributed by atoms with Crippen LogP contribution in [0.15, 0.2) is 45.3 Å². The van der Waals surface area contributed by atoms with Crippen molar-refractivity contribution in [3.05, 3.63) is 62.3 Å². The zero-order valence-corrected chi connectivity index (χ0v) is 14.1. The van der Waals surface area contributed by atoms with Gasteiger partial charge in [-0.1, -0.05) is 31.9 Å². The van der Waals surface area contributed by atoms with Gasteiger partial charge in [0.1, 0.15) is 5.82 Å². The summed E-state index contributed by atoms with van der Waals surface area (Å²) in [5.41, 5.74) is 8.37. The smallest absolute Gasteiger partial charge is 0.128 e. The van der Waals surface area contributed by atoms with Gasteiger partial charge in [0.2, 0.25) is 0 Å². The quantitative estimate of drug-likeness (QED) is 0.774. The van der Waals surface area contributed by atoms with Crippen molar-refractivity contribution in [1.29, 1.82) is 0 Å². The van der Waals surface area contributed by atoms with Gasteiger partial charge in [-0.25, -0.2) is 4.39 Å². The molecule has 2 aromatic carbocycles. The van der Waals surface area contributed by atoms with Crippen LogP contribution in [0.2, 0.25) is 0 Å². The third kappa shape index (κ3) is 3.81. The molecule has 106 valence electrons. The molecule has 0 saturated carbocycles. The average Bonchev–Trinajstić information content (AvgIpc) is 2.38. The van der Waals surface area contributed by atoms with E-state index < -0.39 is 0 Å². The summed E-state index contributed by atoms with van der Waals surface area (Å²) in [6.45, 7) is 2.31. The van der Waals surface area contributed by atoms with E-state index in [2.05, 4.69) is 37.2 Å². The van der Waals surface area contributed by atoms with Gasteiger partial charge in [0.25, 0.3) is 0 Å². The number of hydrogen-bond acceptors (Lipinski definition) is 2. The molecule has 5 heteroatoms. The van der Waals surface area contributed by atoms with Gasteiger partial charge in [0.05, 0.1) is 6.04 Å². The molecular formula is C15H15Br2FN2. The fourth-order valence-electron chi connectivity index (χ4n) is 2.07. The maximum atomic E-state index is 13.9. The highest BCUT2D eigenvalue weighted by Crippen LogP contribution is 2.26. The Morgan fingerprint density at radius 1 is 1.15 bits per heavy atom. The van der Waals surface area contributed by atoms with Crippen molar-refractivity contribution in [3.63, 3.8) is 0 Å². The van der Waals surface area contributed by atoms with E-state index in [1.54, 1.807) is 12.1 Å². The molecule has 0 aromatic heterocycles. The second-order valence-electron chi connectivity index (χ2n) is 4.62. The maximum absolute atomic E-state index is 13.9. The summed E-state index contributed by atoms with van der Waals surface area (Å²) < 4.78 is 15.8. The van der Waals surface area contributed by atoms with Gasteiger partial charge in [0, 0.05) is 26.7 Å². The lowest BCUT2D eigenvalue weighted by molar-refractivity contribution is 0.593. The summed E-state index contributed by atoms with van der Waals surface area (Å²) in [6, 6.07) is 10.6. The summed E-state index contributed by atoms with van der Waals surface area (Å²) in [7, 11) is 0. The fourth-order valence-corrected chi connectivity index (χ4v) is 3.05. The molecule has 0 aliphatic heterocycles. The molecule has 0 bridgehead atoms. The predicted molar refractivity (Wildman–Crippen MR) is 88.4 cm³/mol. The normalized spacial score (nSPS) is 12.2. The average molecular weight is 402 g/mol. The van der Waals surface area contributed by atoms with Crippen molar-refractivity contribution in [3.8, 4) is 0 Å². The molecule has 20 heavy (non-hydrogen) atoms. The van der Waals surface area contributed by atoms with Crippen LogP contribution in [0.3, 0.4) is 0 Å². The molecule has 0 aliphatic rings. The van der Waals surface area contributed by atoms with Gasteiger partial charge < -0.3 is 11.1 Å². The van der Waals surface area contributed by atoms with Crippen LogP contribution in [0, 0.1) is 12.7 Å². The molecule has 0 saturated heterocycles. The van der Waals surface area contributed by atoms with E-state index in [1.165, 1.54) is 6.07 Å². The molecule has 0 aliphatic carbocycles. The van der Waals surface area contributed by atoms with Crippen LogP contribution >= 0.6 is 31.9 Å². The lowest BCUT2D eigenvalue weighted by Gasteiger charge is -2.20. The summed E-state index contributed by atoms with van der Waals surface area (Å²) in [5.74, 6) is -0.261. The van der Waals surface area contributed by atoms with Crippen LogP contribution in [0.5, 0.6) is 0 Å². The van der Waals surface area contributed by atoms with Gasteiger partial charge in [-0.05, 0) is 48.9 Å². The highest BCUT2D eigenvalue weighted by atomic mass is 79.9. The third-order valence-corrected chi connectivity index (χ3v) is 3.90. The summed E-state index contributed by atoms with van der Waals surface area (Å²) in [4.78, 5) is 0. The number of rotatable bonds is 4. The Kier molecular flexibility index (Phi) is 5.18. The Hall–Kier alpha value is -0.910. The maximum Gasteiger partial charge on any atom is 0.128 e. The molecular weight excluding hydrogens is 387 g/mol. The molecule has 0 fully saturated rings. The van der Waals surface area contributed by atoms with Crippen LogP contribution in [-0.2, 0) is 0 Å². The van der Waals surface area contributed by atoms with Crippen LogP contribution in [0.1, 0.15) is 17.2 Å². The first kappa shape index (κ1) is 15.5. The number of benzene rings is 2. The van der Waals surface area contributed by atoms with Crippen molar-refractivity contribution in [2.24, 2.45) is 5.73 Å². The first-order valence-electron chi connectivity index (χ1n) is 6.18. The standard InChI is InChI=1S/C15H15Br2FN2/c1-9-4-11(17)6-12(5-9)20-15(8-19)13-7-10(16)2-3-14(13)18/h2-7,15,20H,8,19H2,1H3. The first-order chi connectivity index (χ1) is 9.49. The van der Waals surface area contributed by atoms with Crippen molar-refractivity contribution in [2.45, 2.75) is 13.0 Å². The lowest BCUT2D eigenvalue weighted by Crippen LogP contribution is -2.21. The summed E-state index contributed by atoms with van der Waals surface area (Å²) in [5, 5.41) is 3.28. The molecule has 2 rings (SSSR count).